The van der Waals surface area contributed by atoms with Crippen LogP contribution in [0.1, 0.15) is 29.8 Å². The van der Waals surface area contributed by atoms with Crippen LogP contribution in [0.15, 0.2) is 53.7 Å². The molecule has 0 radical (unpaired) electrons. The Kier molecular flexibility index (Phi) is 7.60. The number of morpholine rings is 1. The van der Waals surface area contributed by atoms with E-state index in [4.69, 9.17) is 4.74 Å². The number of amides is 2. The lowest BCUT2D eigenvalue weighted by molar-refractivity contribution is -0.121. The summed E-state index contributed by atoms with van der Waals surface area (Å²) in [6.45, 7) is 4.90. The summed E-state index contributed by atoms with van der Waals surface area (Å²) in [6, 6.07) is 9.96. The molecule has 2 heterocycles. The van der Waals surface area contributed by atoms with E-state index in [1.807, 2.05) is 13.8 Å². The van der Waals surface area contributed by atoms with Gasteiger partial charge in [0.25, 0.3) is 5.91 Å². The van der Waals surface area contributed by atoms with Gasteiger partial charge in [-0.3, -0.25) is 14.6 Å². The van der Waals surface area contributed by atoms with Gasteiger partial charge in [0.2, 0.25) is 15.9 Å². The second-order valence-electron chi connectivity index (χ2n) is 7.89. The quantitative estimate of drug-likeness (QED) is 0.667. The standard InChI is InChI=1S/C22H28N4O5S/c1-16-13-26(14-17(2)31-16)22(28)19-8-6-18(7-9-19)11-24-21(27)15-25(3)32(29,30)20-5-4-10-23-12-20/h4-10,12,16-17H,11,13-15H2,1-3H3,(H,24,27). The Balaban J connectivity index is 1.52. The van der Waals surface area contributed by atoms with Gasteiger partial charge in [0.15, 0.2) is 0 Å². The monoisotopic (exact) mass is 460 g/mol. The van der Waals surface area contributed by atoms with E-state index in [1.54, 1.807) is 29.2 Å². The first-order valence-corrected chi connectivity index (χ1v) is 11.8. The molecule has 2 atom stereocenters. The molecule has 1 saturated heterocycles. The fraction of sp³-hybridized carbons (Fsp3) is 0.409. The molecule has 32 heavy (non-hydrogen) atoms. The van der Waals surface area contributed by atoms with Gasteiger partial charge in [-0.25, -0.2) is 8.42 Å². The molecule has 1 aliphatic rings. The van der Waals surface area contributed by atoms with Crippen LogP contribution in [0.25, 0.3) is 0 Å². The van der Waals surface area contributed by atoms with Crippen LogP contribution in [0.2, 0.25) is 0 Å². The lowest BCUT2D eigenvalue weighted by Crippen LogP contribution is -2.48. The molecule has 0 spiro atoms. The van der Waals surface area contributed by atoms with E-state index < -0.39 is 15.9 Å². The number of likely N-dealkylation sites (N-methyl/N-ethyl adjacent to an activating group) is 1. The summed E-state index contributed by atoms with van der Waals surface area (Å²) in [6.07, 6.45) is 2.71. The number of rotatable bonds is 7. The van der Waals surface area contributed by atoms with Crippen LogP contribution in [0.4, 0.5) is 0 Å². The molecule has 2 amide bonds. The van der Waals surface area contributed by atoms with Crippen molar-refractivity contribution in [2.24, 2.45) is 0 Å². The number of hydrogen-bond donors (Lipinski definition) is 1. The van der Waals surface area contributed by atoms with Crippen LogP contribution >= 0.6 is 0 Å². The molecule has 0 bridgehead atoms. The van der Waals surface area contributed by atoms with Crippen molar-refractivity contribution in [3.05, 3.63) is 59.9 Å². The van der Waals surface area contributed by atoms with Crippen molar-refractivity contribution in [1.29, 1.82) is 0 Å². The number of carbonyl (C=O) groups excluding carboxylic acids is 2. The molecule has 3 rings (SSSR count). The summed E-state index contributed by atoms with van der Waals surface area (Å²) in [4.78, 5) is 30.6. The van der Waals surface area contributed by atoms with E-state index in [0.717, 1.165) is 9.87 Å². The van der Waals surface area contributed by atoms with Gasteiger partial charge in [-0.1, -0.05) is 12.1 Å². The molecular formula is C22H28N4O5S. The van der Waals surface area contributed by atoms with Crippen LogP contribution < -0.4 is 5.32 Å². The van der Waals surface area contributed by atoms with Gasteiger partial charge in [-0.05, 0) is 43.7 Å². The lowest BCUT2D eigenvalue weighted by Gasteiger charge is -2.35. The SMILES string of the molecule is CC1CN(C(=O)c2ccc(CNC(=O)CN(C)S(=O)(=O)c3cccnc3)cc2)CC(C)O1. The lowest BCUT2D eigenvalue weighted by atomic mass is 10.1. The summed E-state index contributed by atoms with van der Waals surface area (Å²) in [7, 11) is -2.45. The van der Waals surface area contributed by atoms with Crippen LogP contribution in [0, 0.1) is 0 Å². The average molecular weight is 461 g/mol. The molecule has 10 heteroatoms. The summed E-state index contributed by atoms with van der Waals surface area (Å²) < 4.78 is 31.6. The molecule has 2 unspecified atom stereocenters. The highest BCUT2D eigenvalue weighted by Crippen LogP contribution is 2.15. The molecule has 1 aliphatic heterocycles. The highest BCUT2D eigenvalue weighted by molar-refractivity contribution is 7.89. The molecular weight excluding hydrogens is 432 g/mol. The van der Waals surface area contributed by atoms with Crippen molar-refractivity contribution in [2.75, 3.05) is 26.7 Å². The van der Waals surface area contributed by atoms with E-state index in [9.17, 15) is 18.0 Å². The Bertz CT molecular complexity index is 1030. The highest BCUT2D eigenvalue weighted by atomic mass is 32.2. The minimum Gasteiger partial charge on any atom is -0.372 e. The summed E-state index contributed by atoms with van der Waals surface area (Å²) in [5.41, 5.74) is 1.38. The average Bonchev–Trinajstić information content (AvgIpc) is 2.77. The first-order chi connectivity index (χ1) is 15.2. The van der Waals surface area contributed by atoms with Crippen LogP contribution in [-0.2, 0) is 26.1 Å². The van der Waals surface area contributed by atoms with E-state index in [0.29, 0.717) is 18.7 Å². The van der Waals surface area contributed by atoms with Gasteiger partial charge < -0.3 is 15.0 Å². The molecule has 0 saturated carbocycles. The zero-order valence-electron chi connectivity index (χ0n) is 18.4. The van der Waals surface area contributed by atoms with E-state index in [1.165, 1.54) is 31.6 Å². The van der Waals surface area contributed by atoms with Crippen molar-refractivity contribution in [3.63, 3.8) is 0 Å². The van der Waals surface area contributed by atoms with Crippen LogP contribution in [-0.4, -0.2) is 73.3 Å². The largest absolute Gasteiger partial charge is 0.372 e. The smallest absolute Gasteiger partial charge is 0.254 e. The van der Waals surface area contributed by atoms with Crippen molar-refractivity contribution < 1.29 is 22.7 Å². The van der Waals surface area contributed by atoms with Gasteiger partial charge >= 0.3 is 0 Å². The van der Waals surface area contributed by atoms with Crippen LogP contribution in [0.5, 0.6) is 0 Å². The van der Waals surface area contributed by atoms with Crippen molar-refractivity contribution >= 4 is 21.8 Å². The summed E-state index contributed by atoms with van der Waals surface area (Å²) in [5.74, 6) is -0.485. The van der Waals surface area contributed by atoms with Crippen LogP contribution in [0.3, 0.4) is 0 Å². The fourth-order valence-corrected chi connectivity index (χ4v) is 4.61. The maximum Gasteiger partial charge on any atom is 0.254 e. The van der Waals surface area contributed by atoms with E-state index in [2.05, 4.69) is 10.3 Å². The van der Waals surface area contributed by atoms with Gasteiger partial charge in [-0.2, -0.15) is 4.31 Å². The third-order valence-electron chi connectivity index (χ3n) is 5.11. The van der Waals surface area contributed by atoms with Crippen molar-refractivity contribution in [1.82, 2.24) is 19.5 Å². The second kappa shape index (κ2) is 10.2. The van der Waals surface area contributed by atoms with Gasteiger partial charge in [0, 0.05) is 44.6 Å². The van der Waals surface area contributed by atoms with Gasteiger partial charge in [0.05, 0.1) is 18.8 Å². The molecule has 2 aromatic rings. The Morgan fingerprint density at radius 2 is 1.81 bits per heavy atom. The van der Waals surface area contributed by atoms with E-state index >= 15 is 0 Å². The highest BCUT2D eigenvalue weighted by Gasteiger charge is 2.26. The predicted octanol–water partition coefficient (Wildman–Crippen LogP) is 1.27. The number of sulfonamides is 1. The minimum atomic E-state index is -3.79. The third kappa shape index (κ3) is 5.90. The maximum absolute atomic E-state index is 12.7. The number of nitrogens with one attached hydrogen (secondary N) is 1. The fourth-order valence-electron chi connectivity index (χ4n) is 3.51. The second-order valence-corrected chi connectivity index (χ2v) is 9.94. The Morgan fingerprint density at radius 1 is 1.16 bits per heavy atom. The summed E-state index contributed by atoms with van der Waals surface area (Å²) >= 11 is 0. The number of hydrogen-bond acceptors (Lipinski definition) is 6. The Morgan fingerprint density at radius 3 is 2.41 bits per heavy atom. The molecule has 1 N–H and O–H groups in total. The minimum absolute atomic E-state index is 0.00251. The third-order valence-corrected chi connectivity index (χ3v) is 6.89. The van der Waals surface area contributed by atoms with Crippen molar-refractivity contribution in [3.8, 4) is 0 Å². The number of pyridine rings is 1. The first kappa shape index (κ1) is 23.8. The van der Waals surface area contributed by atoms with Gasteiger partial charge in [0.1, 0.15) is 4.90 Å². The number of nitrogens with zero attached hydrogens (tertiary/aromatic N) is 3. The molecule has 1 fully saturated rings. The Labute approximate surface area is 188 Å². The van der Waals surface area contributed by atoms with E-state index in [-0.39, 0.29) is 36.1 Å². The first-order valence-electron chi connectivity index (χ1n) is 10.3. The number of aromatic nitrogens is 1. The Hall–Kier alpha value is -2.82. The number of ether oxygens (including phenoxy) is 1. The number of carbonyl (C=O) groups is 2. The molecule has 1 aromatic carbocycles. The topological polar surface area (TPSA) is 109 Å². The summed E-state index contributed by atoms with van der Waals surface area (Å²) in [5, 5.41) is 2.70. The van der Waals surface area contributed by atoms with Gasteiger partial charge in [-0.15, -0.1) is 0 Å². The maximum atomic E-state index is 12.7. The number of benzene rings is 1. The molecule has 9 nitrogen and oxygen atoms in total. The molecule has 1 aromatic heterocycles. The molecule has 0 aliphatic carbocycles. The molecule has 172 valence electrons. The predicted molar refractivity (Wildman–Crippen MR) is 118 cm³/mol. The zero-order valence-corrected chi connectivity index (χ0v) is 19.2. The van der Waals surface area contributed by atoms with Crippen molar-refractivity contribution in [2.45, 2.75) is 37.5 Å². The zero-order chi connectivity index (χ0) is 23.3. The normalized spacial score (nSPS) is 19.1.